The van der Waals surface area contributed by atoms with Gasteiger partial charge in [0.1, 0.15) is 18.1 Å². The first-order chi connectivity index (χ1) is 13.4. The molecular weight excluding hydrogens is 445 g/mol. The van der Waals surface area contributed by atoms with Crippen LogP contribution < -0.4 is 14.8 Å². The van der Waals surface area contributed by atoms with Crippen LogP contribution in [0.25, 0.3) is 0 Å². The van der Waals surface area contributed by atoms with Crippen LogP contribution in [0.3, 0.4) is 0 Å². The average Bonchev–Trinajstić information content (AvgIpc) is 3.11. The van der Waals surface area contributed by atoms with Gasteiger partial charge in [0.05, 0.1) is 5.02 Å². The molecule has 146 valence electrons. The van der Waals surface area contributed by atoms with Gasteiger partial charge in [0.2, 0.25) is 5.13 Å². The molecule has 28 heavy (non-hydrogen) atoms. The van der Waals surface area contributed by atoms with Crippen molar-refractivity contribution in [2.75, 3.05) is 5.32 Å². The van der Waals surface area contributed by atoms with Crippen LogP contribution in [0.1, 0.15) is 11.9 Å². The zero-order valence-electron chi connectivity index (χ0n) is 14.5. The van der Waals surface area contributed by atoms with Crippen molar-refractivity contribution in [1.29, 1.82) is 0 Å². The number of ether oxygens (including phenoxy) is 2. The molecular formula is C18H14Cl3N3O3S. The molecule has 0 radical (unpaired) electrons. The molecule has 0 aliphatic heterocycles. The summed E-state index contributed by atoms with van der Waals surface area (Å²) in [5.74, 6) is 0.641. The number of anilines is 1. The van der Waals surface area contributed by atoms with E-state index in [0.717, 1.165) is 0 Å². The van der Waals surface area contributed by atoms with E-state index in [2.05, 4.69) is 15.5 Å². The van der Waals surface area contributed by atoms with Crippen molar-refractivity contribution in [1.82, 2.24) is 10.2 Å². The fraction of sp³-hybridized carbons (Fsp3) is 0.167. The van der Waals surface area contributed by atoms with Crippen LogP contribution in [-0.2, 0) is 11.4 Å². The van der Waals surface area contributed by atoms with Gasteiger partial charge in [-0.1, -0.05) is 46.1 Å². The summed E-state index contributed by atoms with van der Waals surface area (Å²) in [7, 11) is 0. The minimum absolute atomic E-state index is 0.224. The largest absolute Gasteiger partial charge is 0.486 e. The lowest BCUT2D eigenvalue weighted by molar-refractivity contribution is -0.122. The lowest BCUT2D eigenvalue weighted by Crippen LogP contribution is -2.30. The van der Waals surface area contributed by atoms with Crippen LogP contribution in [0.5, 0.6) is 11.5 Å². The molecule has 0 aliphatic carbocycles. The summed E-state index contributed by atoms with van der Waals surface area (Å²) in [5, 5.41) is 13.0. The van der Waals surface area contributed by atoms with Gasteiger partial charge in [-0.15, -0.1) is 10.2 Å². The van der Waals surface area contributed by atoms with Gasteiger partial charge in [0, 0.05) is 10.0 Å². The molecule has 0 saturated heterocycles. The molecule has 0 bridgehead atoms. The first-order valence-electron chi connectivity index (χ1n) is 8.04. The molecule has 2 aromatic carbocycles. The number of amides is 1. The third kappa shape index (κ3) is 5.72. The zero-order valence-corrected chi connectivity index (χ0v) is 17.6. The van der Waals surface area contributed by atoms with E-state index in [9.17, 15) is 4.79 Å². The molecule has 3 rings (SSSR count). The zero-order chi connectivity index (χ0) is 20.1. The van der Waals surface area contributed by atoms with Gasteiger partial charge in [0.25, 0.3) is 5.91 Å². The molecule has 1 aromatic heterocycles. The molecule has 3 aromatic rings. The maximum Gasteiger partial charge on any atom is 0.266 e. The van der Waals surface area contributed by atoms with E-state index < -0.39 is 6.10 Å². The van der Waals surface area contributed by atoms with Gasteiger partial charge in [-0.25, -0.2) is 0 Å². The van der Waals surface area contributed by atoms with Gasteiger partial charge in [0.15, 0.2) is 11.1 Å². The van der Waals surface area contributed by atoms with Crippen LogP contribution in [-0.4, -0.2) is 22.2 Å². The topological polar surface area (TPSA) is 73.3 Å². The Morgan fingerprint density at radius 2 is 1.82 bits per heavy atom. The van der Waals surface area contributed by atoms with E-state index in [1.165, 1.54) is 11.3 Å². The van der Waals surface area contributed by atoms with Crippen molar-refractivity contribution in [3.8, 4) is 11.5 Å². The Hall–Kier alpha value is -2.06. The highest BCUT2D eigenvalue weighted by molar-refractivity contribution is 7.15. The normalized spacial score (nSPS) is 11.7. The van der Waals surface area contributed by atoms with Gasteiger partial charge in [-0.2, -0.15) is 0 Å². The van der Waals surface area contributed by atoms with Gasteiger partial charge < -0.3 is 9.47 Å². The van der Waals surface area contributed by atoms with Crippen molar-refractivity contribution in [2.45, 2.75) is 19.6 Å². The van der Waals surface area contributed by atoms with E-state index in [1.807, 2.05) is 0 Å². The summed E-state index contributed by atoms with van der Waals surface area (Å²) in [6.45, 7) is 1.83. The number of carbonyl (C=O) groups is 1. The number of hydrogen-bond donors (Lipinski definition) is 1. The van der Waals surface area contributed by atoms with Crippen molar-refractivity contribution < 1.29 is 14.3 Å². The van der Waals surface area contributed by atoms with Crippen molar-refractivity contribution in [3.63, 3.8) is 0 Å². The predicted molar refractivity (Wildman–Crippen MR) is 111 cm³/mol. The third-order valence-corrected chi connectivity index (χ3v) is 5.03. The van der Waals surface area contributed by atoms with Crippen LogP contribution >= 0.6 is 46.1 Å². The van der Waals surface area contributed by atoms with E-state index in [1.54, 1.807) is 49.4 Å². The van der Waals surface area contributed by atoms with E-state index >= 15 is 0 Å². The number of halogens is 3. The first kappa shape index (κ1) is 20.7. The maximum absolute atomic E-state index is 12.3. The molecule has 0 aliphatic rings. The number of carbonyl (C=O) groups excluding carboxylic acids is 1. The Bertz CT molecular complexity index is 966. The molecule has 10 heteroatoms. The van der Waals surface area contributed by atoms with Crippen molar-refractivity contribution in [3.05, 3.63) is 62.5 Å². The minimum Gasteiger partial charge on any atom is -0.486 e. The molecule has 1 amide bonds. The maximum atomic E-state index is 12.3. The quantitative estimate of drug-likeness (QED) is 0.507. The Kier molecular flexibility index (Phi) is 6.96. The molecule has 1 atom stereocenters. The highest BCUT2D eigenvalue weighted by Crippen LogP contribution is 2.28. The Labute approximate surface area is 180 Å². The van der Waals surface area contributed by atoms with Gasteiger partial charge >= 0.3 is 0 Å². The summed E-state index contributed by atoms with van der Waals surface area (Å²) in [6, 6.07) is 11.8. The molecule has 1 N–H and O–H groups in total. The molecule has 1 heterocycles. The Morgan fingerprint density at radius 1 is 1.11 bits per heavy atom. The van der Waals surface area contributed by atoms with Gasteiger partial charge in [-0.3, -0.25) is 10.1 Å². The highest BCUT2D eigenvalue weighted by Gasteiger charge is 2.18. The van der Waals surface area contributed by atoms with Crippen molar-refractivity contribution in [2.24, 2.45) is 0 Å². The number of hydrogen-bond acceptors (Lipinski definition) is 6. The van der Waals surface area contributed by atoms with Crippen LogP contribution in [0.4, 0.5) is 5.13 Å². The van der Waals surface area contributed by atoms with Crippen LogP contribution in [0.2, 0.25) is 15.1 Å². The monoisotopic (exact) mass is 457 g/mol. The smallest absolute Gasteiger partial charge is 0.266 e. The molecule has 0 saturated carbocycles. The first-order valence-corrected chi connectivity index (χ1v) is 9.99. The van der Waals surface area contributed by atoms with Gasteiger partial charge in [-0.05, 0) is 49.4 Å². The Morgan fingerprint density at radius 3 is 2.54 bits per heavy atom. The lowest BCUT2D eigenvalue weighted by Gasteiger charge is -2.14. The second-order valence-electron chi connectivity index (χ2n) is 5.57. The minimum atomic E-state index is -0.795. The summed E-state index contributed by atoms with van der Waals surface area (Å²) >= 11 is 18.9. The second-order valence-corrected chi connectivity index (χ2v) is 7.91. The molecule has 0 fully saturated rings. The fourth-order valence-corrected chi connectivity index (χ4v) is 3.30. The summed E-state index contributed by atoms with van der Waals surface area (Å²) in [4.78, 5) is 12.3. The Balaban J connectivity index is 1.53. The van der Waals surface area contributed by atoms with Crippen LogP contribution in [0.15, 0.2) is 42.5 Å². The SMILES string of the molecule is CC(Oc1ccc(Cl)cc1Cl)C(=O)Nc1nnc(COc2ccc(Cl)cc2)s1. The van der Waals surface area contributed by atoms with E-state index in [0.29, 0.717) is 36.7 Å². The second kappa shape index (κ2) is 9.43. The van der Waals surface area contributed by atoms with E-state index in [4.69, 9.17) is 44.3 Å². The third-order valence-electron chi connectivity index (χ3n) is 3.44. The fourth-order valence-electron chi connectivity index (χ4n) is 2.06. The number of nitrogens with zero attached hydrogens (tertiary/aromatic N) is 2. The highest BCUT2D eigenvalue weighted by atomic mass is 35.5. The summed E-state index contributed by atoms with van der Waals surface area (Å²) < 4.78 is 11.2. The molecule has 6 nitrogen and oxygen atoms in total. The lowest BCUT2D eigenvalue weighted by atomic mass is 10.3. The number of nitrogens with one attached hydrogen (secondary N) is 1. The molecule has 0 spiro atoms. The number of aromatic nitrogens is 2. The summed E-state index contributed by atoms with van der Waals surface area (Å²) in [5.41, 5.74) is 0. The van der Waals surface area contributed by atoms with E-state index in [-0.39, 0.29) is 12.5 Å². The number of benzene rings is 2. The van der Waals surface area contributed by atoms with Crippen molar-refractivity contribution >= 4 is 57.2 Å². The predicted octanol–water partition coefficient (Wildman–Crippen LogP) is 5.48. The van der Waals surface area contributed by atoms with Crippen LogP contribution in [0, 0.1) is 0 Å². The molecule has 1 unspecified atom stereocenters. The number of rotatable bonds is 7. The summed E-state index contributed by atoms with van der Waals surface area (Å²) in [6.07, 6.45) is -0.795. The average molecular weight is 459 g/mol. The standard InChI is InChI=1S/C18H14Cl3N3O3S/c1-10(27-15-7-4-12(20)8-14(15)21)17(25)22-18-24-23-16(28-18)9-26-13-5-2-11(19)3-6-13/h2-8,10H,9H2,1H3,(H,22,24,25).